The summed E-state index contributed by atoms with van der Waals surface area (Å²) in [5, 5.41) is 0. The molecule has 5 nitrogen and oxygen atoms in total. The zero-order chi connectivity index (χ0) is 13.8. The number of fused-ring (bicyclic) bond motifs is 1. The molecule has 0 spiro atoms. The number of ether oxygens (including phenoxy) is 1. The lowest BCUT2D eigenvalue weighted by Crippen LogP contribution is -2.19. The summed E-state index contributed by atoms with van der Waals surface area (Å²) in [6.07, 6.45) is 5.45. The van der Waals surface area contributed by atoms with E-state index >= 15 is 0 Å². The number of carbonyl (C=O) groups is 1. The van der Waals surface area contributed by atoms with Crippen LogP contribution in [0.1, 0.15) is 44.5 Å². The normalized spacial score (nSPS) is 17.8. The summed E-state index contributed by atoms with van der Waals surface area (Å²) in [6.45, 7) is 4.54. The predicted molar refractivity (Wildman–Crippen MR) is 72.7 cm³/mol. The number of rotatable bonds is 5. The summed E-state index contributed by atoms with van der Waals surface area (Å²) in [5.74, 6) is -0.200. The van der Waals surface area contributed by atoms with Gasteiger partial charge in [-0.15, -0.1) is 0 Å². The first-order chi connectivity index (χ1) is 9.11. The second kappa shape index (κ2) is 5.91. The molecular formula is C14H20N2O3. The molecule has 0 aliphatic heterocycles. The molecule has 1 heterocycles. The lowest BCUT2D eigenvalue weighted by atomic mass is 9.90. The Kier molecular flexibility index (Phi) is 4.24. The van der Waals surface area contributed by atoms with Gasteiger partial charge in [-0.25, -0.2) is 9.59 Å². The van der Waals surface area contributed by atoms with E-state index in [-0.39, 0.29) is 17.6 Å². The highest BCUT2D eigenvalue weighted by atomic mass is 16.5. The topological polar surface area (TPSA) is 75.0 Å². The van der Waals surface area contributed by atoms with E-state index in [1.807, 2.05) is 6.92 Å². The van der Waals surface area contributed by atoms with Gasteiger partial charge in [-0.1, -0.05) is 26.7 Å². The Bertz CT molecular complexity index is 539. The molecule has 2 rings (SSSR count). The summed E-state index contributed by atoms with van der Waals surface area (Å²) < 4.78 is 5.27. The molecule has 1 aliphatic carbocycles. The highest BCUT2D eigenvalue weighted by molar-refractivity contribution is 5.94. The van der Waals surface area contributed by atoms with Gasteiger partial charge in [0.1, 0.15) is 0 Å². The zero-order valence-corrected chi connectivity index (χ0v) is 11.4. The van der Waals surface area contributed by atoms with Crippen LogP contribution in [0.15, 0.2) is 10.4 Å². The van der Waals surface area contributed by atoms with E-state index in [0.29, 0.717) is 24.3 Å². The number of esters is 1. The molecule has 1 aromatic rings. The fourth-order valence-electron chi connectivity index (χ4n) is 2.29. The monoisotopic (exact) mass is 264 g/mol. The Morgan fingerprint density at radius 2 is 2.21 bits per heavy atom. The van der Waals surface area contributed by atoms with E-state index < -0.39 is 0 Å². The maximum absolute atomic E-state index is 12.0. The third-order valence-electron chi connectivity index (χ3n) is 3.40. The van der Waals surface area contributed by atoms with Crippen molar-refractivity contribution in [2.75, 3.05) is 6.61 Å². The minimum atomic E-state index is -0.267. The maximum atomic E-state index is 12.0. The Balaban J connectivity index is 2.05. The molecule has 1 aliphatic rings. The molecule has 0 saturated carbocycles. The summed E-state index contributed by atoms with van der Waals surface area (Å²) in [5.41, 5.74) is 1.97. The van der Waals surface area contributed by atoms with Gasteiger partial charge in [-0.05, 0) is 24.8 Å². The zero-order valence-electron chi connectivity index (χ0n) is 11.4. The lowest BCUT2D eigenvalue weighted by Gasteiger charge is -2.19. The number of unbranched alkanes of at least 4 members (excludes halogenated alkanes) is 2. The smallest absolute Gasteiger partial charge is 0.334 e. The molecule has 104 valence electrons. The van der Waals surface area contributed by atoms with Gasteiger partial charge in [0.05, 0.1) is 12.3 Å². The van der Waals surface area contributed by atoms with E-state index in [2.05, 4.69) is 16.9 Å². The van der Waals surface area contributed by atoms with Crippen molar-refractivity contribution in [2.24, 2.45) is 5.92 Å². The van der Waals surface area contributed by atoms with Crippen molar-refractivity contribution < 1.29 is 9.53 Å². The Morgan fingerprint density at radius 3 is 2.95 bits per heavy atom. The molecule has 5 heteroatoms. The van der Waals surface area contributed by atoms with Gasteiger partial charge in [0.2, 0.25) is 0 Å². The van der Waals surface area contributed by atoms with Gasteiger partial charge < -0.3 is 14.7 Å². The van der Waals surface area contributed by atoms with Gasteiger partial charge in [0, 0.05) is 11.3 Å². The Hall–Kier alpha value is -1.78. The maximum Gasteiger partial charge on any atom is 0.334 e. The van der Waals surface area contributed by atoms with E-state index in [1.54, 1.807) is 6.08 Å². The molecule has 0 bridgehead atoms. The number of hydrogen-bond donors (Lipinski definition) is 2. The third kappa shape index (κ3) is 3.16. The number of nitrogens with one attached hydrogen (secondary N) is 2. The van der Waals surface area contributed by atoms with Gasteiger partial charge in [-0.2, -0.15) is 0 Å². The molecule has 0 aromatic carbocycles. The van der Waals surface area contributed by atoms with Crippen LogP contribution >= 0.6 is 0 Å². The molecule has 0 fully saturated rings. The first-order valence-corrected chi connectivity index (χ1v) is 6.81. The fourth-order valence-corrected chi connectivity index (χ4v) is 2.29. The van der Waals surface area contributed by atoms with Crippen LogP contribution in [0.5, 0.6) is 0 Å². The molecule has 19 heavy (non-hydrogen) atoms. The number of carbonyl (C=O) groups excluding carboxylic acids is 1. The highest BCUT2D eigenvalue weighted by Gasteiger charge is 2.25. The number of hydrogen-bond acceptors (Lipinski definition) is 3. The van der Waals surface area contributed by atoms with Gasteiger partial charge in [0.15, 0.2) is 0 Å². The minimum absolute atomic E-state index is 0.0672. The highest BCUT2D eigenvalue weighted by Crippen LogP contribution is 2.26. The average molecular weight is 264 g/mol. The molecule has 2 N–H and O–H groups in total. The van der Waals surface area contributed by atoms with Crippen LogP contribution in [-0.2, 0) is 16.0 Å². The van der Waals surface area contributed by atoms with Crippen LogP contribution in [0.4, 0.5) is 0 Å². The van der Waals surface area contributed by atoms with E-state index in [9.17, 15) is 9.59 Å². The molecule has 1 unspecified atom stereocenters. The van der Waals surface area contributed by atoms with Crippen molar-refractivity contribution in [3.8, 4) is 0 Å². The van der Waals surface area contributed by atoms with Crippen molar-refractivity contribution in [1.82, 2.24) is 9.97 Å². The second-order valence-corrected chi connectivity index (χ2v) is 5.02. The number of aromatic amines is 2. The van der Waals surface area contributed by atoms with Crippen LogP contribution in [0, 0.1) is 5.92 Å². The molecule has 0 amide bonds. The predicted octanol–water partition coefficient (Wildman–Crippen LogP) is 2.01. The van der Waals surface area contributed by atoms with Crippen LogP contribution in [0.25, 0.3) is 6.08 Å². The first-order valence-electron chi connectivity index (χ1n) is 6.81. The SMILES string of the molecule is CCCCCOC(=O)C1=Cc2[nH]c(=O)[nH]c2CC1C. The largest absolute Gasteiger partial charge is 0.462 e. The lowest BCUT2D eigenvalue weighted by molar-refractivity contribution is -0.139. The van der Waals surface area contributed by atoms with Crippen LogP contribution in [0.3, 0.4) is 0 Å². The van der Waals surface area contributed by atoms with Crippen LogP contribution in [-0.4, -0.2) is 22.5 Å². The molecule has 0 saturated heterocycles. The fraction of sp³-hybridized carbons (Fsp3) is 0.571. The van der Waals surface area contributed by atoms with Crippen molar-refractivity contribution in [2.45, 2.75) is 39.5 Å². The summed E-state index contributed by atoms with van der Waals surface area (Å²) in [7, 11) is 0. The van der Waals surface area contributed by atoms with E-state index in [0.717, 1.165) is 25.0 Å². The molecule has 1 aromatic heterocycles. The van der Waals surface area contributed by atoms with Crippen molar-refractivity contribution in [3.05, 3.63) is 27.4 Å². The van der Waals surface area contributed by atoms with Crippen molar-refractivity contribution in [1.29, 1.82) is 0 Å². The van der Waals surface area contributed by atoms with Gasteiger partial charge >= 0.3 is 11.7 Å². The van der Waals surface area contributed by atoms with Gasteiger partial charge in [-0.3, -0.25) is 0 Å². The molecular weight excluding hydrogens is 244 g/mol. The second-order valence-electron chi connectivity index (χ2n) is 5.02. The van der Waals surface area contributed by atoms with Crippen molar-refractivity contribution in [3.63, 3.8) is 0 Å². The summed E-state index contributed by atoms with van der Waals surface area (Å²) in [6, 6.07) is 0. The standard InChI is InChI=1S/C14H20N2O3/c1-3-4-5-6-19-13(17)10-8-12-11(7-9(10)2)15-14(18)16-12/h8-9H,3-7H2,1-2H3,(H2,15,16,18). The quantitative estimate of drug-likeness (QED) is 0.631. The minimum Gasteiger partial charge on any atom is -0.462 e. The van der Waals surface area contributed by atoms with Gasteiger partial charge in [0.25, 0.3) is 0 Å². The Labute approximate surface area is 112 Å². The number of aromatic nitrogens is 2. The third-order valence-corrected chi connectivity index (χ3v) is 3.40. The van der Waals surface area contributed by atoms with Crippen molar-refractivity contribution >= 4 is 12.0 Å². The summed E-state index contributed by atoms with van der Waals surface area (Å²) >= 11 is 0. The molecule has 1 atom stereocenters. The van der Waals surface area contributed by atoms with E-state index in [1.165, 1.54) is 0 Å². The number of imidazole rings is 1. The first kappa shape index (κ1) is 13.6. The average Bonchev–Trinajstić information content (AvgIpc) is 2.72. The summed E-state index contributed by atoms with van der Waals surface area (Å²) in [4.78, 5) is 28.6. The number of H-pyrrole nitrogens is 2. The van der Waals surface area contributed by atoms with E-state index in [4.69, 9.17) is 4.74 Å². The van der Waals surface area contributed by atoms with Crippen LogP contribution < -0.4 is 5.69 Å². The molecule has 0 radical (unpaired) electrons. The van der Waals surface area contributed by atoms with Crippen LogP contribution in [0.2, 0.25) is 0 Å². The Morgan fingerprint density at radius 1 is 1.42 bits per heavy atom.